The lowest BCUT2D eigenvalue weighted by Crippen LogP contribution is -2.66. The van der Waals surface area contributed by atoms with Gasteiger partial charge < -0.3 is 29.4 Å². The smallest absolute Gasteiger partial charge is 0.308 e. The summed E-state index contributed by atoms with van der Waals surface area (Å²) in [5.74, 6) is -1.97. The van der Waals surface area contributed by atoms with Crippen molar-refractivity contribution in [3.05, 3.63) is 0 Å². The molecular formula is C22H37NO9. The predicted molar refractivity (Wildman–Crippen MR) is 113 cm³/mol. The third-order valence-corrected chi connectivity index (χ3v) is 4.76. The zero-order valence-corrected chi connectivity index (χ0v) is 19.5. The van der Waals surface area contributed by atoms with E-state index in [0.29, 0.717) is 25.7 Å². The summed E-state index contributed by atoms with van der Waals surface area (Å²) in [6.07, 6.45) is -2.22. The number of ether oxygens (including phenoxy) is 4. The molecule has 32 heavy (non-hydrogen) atoms. The van der Waals surface area contributed by atoms with Gasteiger partial charge in [-0.3, -0.25) is 19.2 Å². The SMILES string of the molecule is CCCC(=O)N[C@H]1C(OC(=O)CCC)O[C@H](COC(=O)CCC)[C@@H](OC(=O)CCC)[C@@H]1O. The van der Waals surface area contributed by atoms with Gasteiger partial charge in [0.2, 0.25) is 12.2 Å². The maximum Gasteiger partial charge on any atom is 0.308 e. The van der Waals surface area contributed by atoms with Crippen LogP contribution in [0.3, 0.4) is 0 Å². The van der Waals surface area contributed by atoms with E-state index in [2.05, 4.69) is 5.32 Å². The van der Waals surface area contributed by atoms with Crippen molar-refractivity contribution >= 4 is 23.8 Å². The largest absolute Gasteiger partial charge is 0.463 e. The van der Waals surface area contributed by atoms with Crippen LogP contribution in [0, 0.1) is 0 Å². The fraction of sp³-hybridized carbons (Fsp3) is 0.818. The number of rotatable bonds is 13. The Balaban J connectivity index is 3.12. The summed E-state index contributed by atoms with van der Waals surface area (Å²) < 4.78 is 21.8. The van der Waals surface area contributed by atoms with Crippen molar-refractivity contribution in [3.8, 4) is 0 Å². The number of hydrogen-bond donors (Lipinski definition) is 2. The van der Waals surface area contributed by atoms with Crippen molar-refractivity contribution in [1.82, 2.24) is 5.32 Å². The Morgan fingerprint density at radius 1 is 0.812 bits per heavy atom. The van der Waals surface area contributed by atoms with E-state index in [1.165, 1.54) is 0 Å². The first-order valence-corrected chi connectivity index (χ1v) is 11.4. The molecule has 1 aliphatic heterocycles. The number of carbonyl (C=O) groups is 4. The number of hydrogen-bond acceptors (Lipinski definition) is 9. The lowest BCUT2D eigenvalue weighted by Gasteiger charge is -2.43. The van der Waals surface area contributed by atoms with Crippen LogP contribution in [0.25, 0.3) is 0 Å². The molecule has 1 unspecified atom stereocenters. The second-order valence-corrected chi connectivity index (χ2v) is 7.75. The molecule has 1 fully saturated rings. The highest BCUT2D eigenvalue weighted by molar-refractivity contribution is 5.76. The Labute approximate surface area is 189 Å². The van der Waals surface area contributed by atoms with Crippen LogP contribution in [-0.2, 0) is 38.1 Å². The summed E-state index contributed by atoms with van der Waals surface area (Å²) in [6.45, 7) is 6.94. The summed E-state index contributed by atoms with van der Waals surface area (Å²) in [5.41, 5.74) is 0. The van der Waals surface area contributed by atoms with Gasteiger partial charge in [0.1, 0.15) is 24.9 Å². The Bertz CT molecular complexity index is 623. The van der Waals surface area contributed by atoms with Crippen molar-refractivity contribution in [2.45, 2.75) is 110 Å². The van der Waals surface area contributed by atoms with Crippen molar-refractivity contribution in [2.24, 2.45) is 0 Å². The molecule has 2 N–H and O–H groups in total. The molecule has 0 aliphatic carbocycles. The van der Waals surface area contributed by atoms with Crippen molar-refractivity contribution in [2.75, 3.05) is 6.61 Å². The van der Waals surface area contributed by atoms with E-state index >= 15 is 0 Å². The quantitative estimate of drug-likeness (QED) is 0.312. The van der Waals surface area contributed by atoms with E-state index in [9.17, 15) is 24.3 Å². The van der Waals surface area contributed by atoms with Gasteiger partial charge in [-0.15, -0.1) is 0 Å². The molecule has 1 saturated heterocycles. The summed E-state index contributed by atoms with van der Waals surface area (Å²) in [7, 11) is 0. The molecule has 0 aromatic heterocycles. The van der Waals surface area contributed by atoms with Gasteiger partial charge in [0, 0.05) is 25.7 Å². The van der Waals surface area contributed by atoms with E-state index < -0.39 is 48.6 Å². The first-order valence-electron chi connectivity index (χ1n) is 11.4. The summed E-state index contributed by atoms with van der Waals surface area (Å²) >= 11 is 0. The topological polar surface area (TPSA) is 137 Å². The van der Waals surface area contributed by atoms with Gasteiger partial charge in [0.05, 0.1) is 0 Å². The third-order valence-electron chi connectivity index (χ3n) is 4.76. The first kappa shape index (κ1) is 27.8. The zero-order valence-electron chi connectivity index (χ0n) is 19.5. The fourth-order valence-electron chi connectivity index (χ4n) is 3.20. The van der Waals surface area contributed by atoms with Crippen LogP contribution >= 0.6 is 0 Å². The molecule has 0 spiro atoms. The average molecular weight is 460 g/mol. The minimum absolute atomic E-state index is 0.118. The minimum atomic E-state index is -1.44. The highest BCUT2D eigenvalue weighted by Crippen LogP contribution is 2.26. The zero-order chi connectivity index (χ0) is 24.1. The standard InChI is InChI=1S/C22H37NO9/c1-5-9-15(24)23-19-20(28)21(31-17(26)11-7-3)14(13-29-16(25)10-6-2)30-22(19)32-18(27)12-8-4/h14,19-22,28H,5-13H2,1-4H3,(H,23,24)/t14-,19-,20-,21-,22?/m1/s1. The molecule has 1 heterocycles. The lowest BCUT2D eigenvalue weighted by molar-refractivity contribution is -0.269. The van der Waals surface area contributed by atoms with Gasteiger partial charge >= 0.3 is 17.9 Å². The van der Waals surface area contributed by atoms with Gasteiger partial charge in [-0.25, -0.2) is 0 Å². The van der Waals surface area contributed by atoms with Crippen LogP contribution in [0.2, 0.25) is 0 Å². The molecule has 0 aromatic rings. The monoisotopic (exact) mass is 459 g/mol. The van der Waals surface area contributed by atoms with Gasteiger partial charge in [-0.1, -0.05) is 27.7 Å². The van der Waals surface area contributed by atoms with E-state index in [-0.39, 0.29) is 38.2 Å². The summed E-state index contributed by atoms with van der Waals surface area (Å²) in [6, 6.07) is -1.16. The van der Waals surface area contributed by atoms with E-state index in [0.717, 1.165) is 0 Å². The molecular weight excluding hydrogens is 422 g/mol. The van der Waals surface area contributed by atoms with Gasteiger partial charge in [0.25, 0.3) is 0 Å². The highest BCUT2D eigenvalue weighted by Gasteiger charge is 2.50. The second kappa shape index (κ2) is 14.8. The highest BCUT2D eigenvalue weighted by atomic mass is 16.7. The van der Waals surface area contributed by atoms with E-state index in [4.69, 9.17) is 18.9 Å². The van der Waals surface area contributed by atoms with Gasteiger partial charge in [0.15, 0.2) is 6.10 Å². The minimum Gasteiger partial charge on any atom is -0.463 e. The molecule has 0 bridgehead atoms. The maximum absolute atomic E-state index is 12.2. The van der Waals surface area contributed by atoms with Crippen LogP contribution in [-0.4, -0.2) is 66.2 Å². The lowest BCUT2D eigenvalue weighted by atomic mass is 9.96. The number of esters is 3. The molecule has 1 aliphatic rings. The third kappa shape index (κ3) is 9.12. The number of carbonyl (C=O) groups excluding carboxylic acids is 4. The number of amides is 1. The van der Waals surface area contributed by atoms with Gasteiger partial charge in [-0.2, -0.15) is 0 Å². The summed E-state index contributed by atoms with van der Waals surface area (Å²) in [5, 5.41) is 13.6. The second-order valence-electron chi connectivity index (χ2n) is 7.75. The van der Waals surface area contributed by atoms with Crippen molar-refractivity contribution in [1.29, 1.82) is 0 Å². The van der Waals surface area contributed by atoms with Gasteiger partial charge in [-0.05, 0) is 25.7 Å². The molecule has 0 saturated carbocycles. The van der Waals surface area contributed by atoms with Crippen LogP contribution < -0.4 is 5.32 Å². The molecule has 5 atom stereocenters. The van der Waals surface area contributed by atoms with E-state index in [1.54, 1.807) is 13.8 Å². The summed E-state index contributed by atoms with van der Waals surface area (Å²) in [4.78, 5) is 48.3. The maximum atomic E-state index is 12.2. The number of aliphatic hydroxyl groups is 1. The molecule has 1 amide bonds. The molecule has 0 radical (unpaired) electrons. The van der Waals surface area contributed by atoms with Crippen LogP contribution in [0.4, 0.5) is 0 Å². The van der Waals surface area contributed by atoms with Crippen LogP contribution in [0.15, 0.2) is 0 Å². The Kier molecular flexibility index (Phi) is 12.9. The van der Waals surface area contributed by atoms with Crippen LogP contribution in [0.1, 0.15) is 79.1 Å². The Morgan fingerprint density at radius 3 is 1.91 bits per heavy atom. The Hall–Kier alpha value is -2.20. The molecule has 10 nitrogen and oxygen atoms in total. The first-order chi connectivity index (χ1) is 15.3. The van der Waals surface area contributed by atoms with Crippen LogP contribution in [0.5, 0.6) is 0 Å². The molecule has 1 rings (SSSR count). The molecule has 10 heteroatoms. The van der Waals surface area contributed by atoms with E-state index in [1.807, 2.05) is 13.8 Å². The fourth-order valence-corrected chi connectivity index (χ4v) is 3.20. The van der Waals surface area contributed by atoms with Crippen molar-refractivity contribution in [3.63, 3.8) is 0 Å². The molecule has 184 valence electrons. The Morgan fingerprint density at radius 2 is 1.34 bits per heavy atom. The molecule has 0 aromatic carbocycles. The number of nitrogens with one attached hydrogen (secondary N) is 1. The van der Waals surface area contributed by atoms with Crippen molar-refractivity contribution < 1.29 is 43.2 Å². The average Bonchev–Trinajstić information content (AvgIpc) is 2.72. The number of aliphatic hydroxyl groups excluding tert-OH is 1. The predicted octanol–water partition coefficient (Wildman–Crippen LogP) is 1.76. The normalized spacial score (nSPS) is 25.0.